The third kappa shape index (κ3) is 2.17. The summed E-state index contributed by atoms with van der Waals surface area (Å²) in [5.74, 6) is 0.0937. The van der Waals surface area contributed by atoms with Gasteiger partial charge in [0, 0.05) is 5.88 Å². The van der Waals surface area contributed by atoms with Crippen molar-refractivity contribution in [3.8, 4) is 0 Å². The van der Waals surface area contributed by atoms with Crippen LogP contribution in [0.5, 0.6) is 0 Å². The molecule has 0 unspecified atom stereocenters. The number of hydrogen-bond acceptors (Lipinski definition) is 0. The molecule has 0 fully saturated rings. The van der Waals surface area contributed by atoms with Gasteiger partial charge in [-0.2, -0.15) is 0 Å². The zero-order chi connectivity index (χ0) is 8.43. The molecular formula is C7H4Br2ClF. The maximum absolute atomic E-state index is 12.9. The minimum atomic E-state index is -0.293. The molecule has 11 heavy (non-hydrogen) atoms. The van der Waals surface area contributed by atoms with Crippen LogP contribution >= 0.6 is 43.5 Å². The van der Waals surface area contributed by atoms with Crippen LogP contribution in [0.2, 0.25) is 0 Å². The summed E-state index contributed by atoms with van der Waals surface area (Å²) in [5.41, 5.74) is 0.881. The normalized spacial score (nSPS) is 10.2. The number of halogens is 4. The average molecular weight is 302 g/mol. The fourth-order valence-corrected chi connectivity index (χ4v) is 2.12. The topological polar surface area (TPSA) is 0 Å². The van der Waals surface area contributed by atoms with Gasteiger partial charge in [0.05, 0.1) is 8.95 Å². The third-order valence-electron chi connectivity index (χ3n) is 1.20. The van der Waals surface area contributed by atoms with Gasteiger partial charge >= 0.3 is 0 Å². The molecule has 0 aliphatic rings. The molecule has 0 N–H and O–H groups in total. The van der Waals surface area contributed by atoms with Gasteiger partial charge in [-0.25, -0.2) is 4.39 Å². The van der Waals surface area contributed by atoms with Gasteiger partial charge < -0.3 is 0 Å². The van der Waals surface area contributed by atoms with Crippen molar-refractivity contribution in [2.24, 2.45) is 0 Å². The second-order valence-corrected chi connectivity index (χ2v) is 3.98. The van der Waals surface area contributed by atoms with Crippen LogP contribution in [-0.2, 0) is 5.88 Å². The minimum absolute atomic E-state index is 0.293. The van der Waals surface area contributed by atoms with E-state index in [9.17, 15) is 4.39 Å². The lowest BCUT2D eigenvalue weighted by molar-refractivity contribution is 0.613. The summed E-state index contributed by atoms with van der Waals surface area (Å²) >= 11 is 11.7. The predicted octanol–water partition coefficient (Wildman–Crippen LogP) is 4.09. The minimum Gasteiger partial charge on any atom is -0.205 e. The van der Waals surface area contributed by atoms with E-state index in [0.29, 0.717) is 14.8 Å². The molecule has 0 bridgehead atoms. The lowest BCUT2D eigenvalue weighted by atomic mass is 10.2. The molecule has 0 saturated carbocycles. The molecule has 1 aromatic carbocycles. The molecule has 0 amide bonds. The molecule has 0 nitrogen and oxygen atoms in total. The Labute approximate surface area is 86.0 Å². The first-order valence-corrected chi connectivity index (χ1v) is 4.96. The third-order valence-corrected chi connectivity index (χ3v) is 2.66. The number of alkyl halides is 1. The molecular weight excluding hydrogens is 298 g/mol. The van der Waals surface area contributed by atoms with E-state index in [-0.39, 0.29) is 5.82 Å². The smallest absolute Gasteiger partial charge is 0.151 e. The largest absolute Gasteiger partial charge is 0.205 e. The van der Waals surface area contributed by atoms with Gasteiger partial charge in [0.1, 0.15) is 0 Å². The van der Waals surface area contributed by atoms with Crippen molar-refractivity contribution >= 4 is 43.5 Å². The van der Waals surface area contributed by atoms with Gasteiger partial charge in [-0.1, -0.05) is 0 Å². The SMILES string of the molecule is Fc1c(Br)cc(CCl)cc1Br. The van der Waals surface area contributed by atoms with Crippen LogP contribution in [0.1, 0.15) is 5.56 Å². The highest BCUT2D eigenvalue weighted by molar-refractivity contribution is 9.11. The van der Waals surface area contributed by atoms with Crippen molar-refractivity contribution in [1.29, 1.82) is 0 Å². The molecule has 60 valence electrons. The van der Waals surface area contributed by atoms with Crippen molar-refractivity contribution in [3.63, 3.8) is 0 Å². The Morgan fingerprint density at radius 3 is 2.09 bits per heavy atom. The first-order chi connectivity index (χ1) is 5.15. The molecule has 0 aliphatic carbocycles. The van der Waals surface area contributed by atoms with Gasteiger partial charge in [-0.05, 0) is 49.6 Å². The van der Waals surface area contributed by atoms with Crippen molar-refractivity contribution in [1.82, 2.24) is 0 Å². The van der Waals surface area contributed by atoms with Crippen LogP contribution in [0.15, 0.2) is 21.1 Å². The molecule has 1 aromatic rings. The molecule has 0 spiro atoms. The maximum atomic E-state index is 12.9. The van der Waals surface area contributed by atoms with E-state index < -0.39 is 0 Å². The van der Waals surface area contributed by atoms with Crippen LogP contribution in [0.4, 0.5) is 4.39 Å². The van der Waals surface area contributed by atoms with E-state index in [1.165, 1.54) is 0 Å². The highest BCUT2D eigenvalue weighted by Crippen LogP contribution is 2.25. The van der Waals surface area contributed by atoms with Gasteiger partial charge in [0.25, 0.3) is 0 Å². The summed E-state index contributed by atoms with van der Waals surface area (Å²) in [7, 11) is 0. The van der Waals surface area contributed by atoms with Crippen LogP contribution in [0, 0.1) is 5.82 Å². The average Bonchev–Trinajstić information content (AvgIpc) is 1.99. The van der Waals surface area contributed by atoms with Gasteiger partial charge in [0.15, 0.2) is 5.82 Å². The van der Waals surface area contributed by atoms with E-state index in [4.69, 9.17) is 11.6 Å². The Bertz CT molecular complexity index is 252. The van der Waals surface area contributed by atoms with Crippen molar-refractivity contribution in [2.75, 3.05) is 0 Å². The summed E-state index contributed by atoms with van der Waals surface area (Å²) < 4.78 is 13.8. The molecule has 0 aliphatic heterocycles. The van der Waals surface area contributed by atoms with Crippen molar-refractivity contribution in [2.45, 2.75) is 5.88 Å². The maximum Gasteiger partial charge on any atom is 0.151 e. The molecule has 0 heterocycles. The number of benzene rings is 1. The van der Waals surface area contributed by atoms with E-state index in [2.05, 4.69) is 31.9 Å². The molecule has 0 aromatic heterocycles. The lowest BCUT2D eigenvalue weighted by Crippen LogP contribution is -1.84. The van der Waals surface area contributed by atoms with Crippen molar-refractivity contribution in [3.05, 3.63) is 32.5 Å². The van der Waals surface area contributed by atoms with E-state index >= 15 is 0 Å². The molecule has 0 radical (unpaired) electrons. The first-order valence-electron chi connectivity index (χ1n) is 2.84. The Morgan fingerprint density at radius 2 is 1.73 bits per heavy atom. The van der Waals surface area contributed by atoms with Gasteiger partial charge in [0.2, 0.25) is 0 Å². The Kier molecular flexibility index (Phi) is 3.34. The fourth-order valence-electron chi connectivity index (χ4n) is 0.685. The number of hydrogen-bond donors (Lipinski definition) is 0. The van der Waals surface area contributed by atoms with E-state index in [1.54, 1.807) is 12.1 Å². The number of rotatable bonds is 1. The fraction of sp³-hybridized carbons (Fsp3) is 0.143. The first kappa shape index (κ1) is 9.49. The monoisotopic (exact) mass is 300 g/mol. The summed E-state index contributed by atoms with van der Waals surface area (Å²) in [4.78, 5) is 0. The van der Waals surface area contributed by atoms with Crippen molar-refractivity contribution < 1.29 is 4.39 Å². The van der Waals surface area contributed by atoms with Gasteiger partial charge in [-0.15, -0.1) is 11.6 Å². The zero-order valence-corrected chi connectivity index (χ0v) is 9.30. The Morgan fingerprint density at radius 1 is 1.27 bits per heavy atom. The Balaban J connectivity index is 3.21. The Hall–Kier alpha value is 0.400. The predicted molar refractivity (Wildman–Crippen MR) is 51.4 cm³/mol. The van der Waals surface area contributed by atoms with Crippen LogP contribution in [0.25, 0.3) is 0 Å². The van der Waals surface area contributed by atoms with E-state index in [0.717, 1.165) is 5.56 Å². The molecule has 0 saturated heterocycles. The molecule has 4 heteroatoms. The highest BCUT2D eigenvalue weighted by atomic mass is 79.9. The molecule has 1 rings (SSSR count). The quantitative estimate of drug-likeness (QED) is 0.541. The van der Waals surface area contributed by atoms with Crippen LogP contribution < -0.4 is 0 Å². The van der Waals surface area contributed by atoms with E-state index in [1.807, 2.05) is 0 Å². The standard InChI is InChI=1S/C7H4Br2ClF/c8-5-1-4(3-10)2-6(9)7(5)11/h1-2H,3H2. The highest BCUT2D eigenvalue weighted by Gasteiger charge is 2.05. The summed E-state index contributed by atoms with van der Waals surface area (Å²) in [5, 5.41) is 0. The lowest BCUT2D eigenvalue weighted by Gasteiger charge is -2.00. The van der Waals surface area contributed by atoms with Crippen LogP contribution in [-0.4, -0.2) is 0 Å². The second kappa shape index (κ2) is 3.87. The zero-order valence-electron chi connectivity index (χ0n) is 5.37. The summed E-state index contributed by atoms with van der Waals surface area (Å²) in [6.07, 6.45) is 0. The summed E-state index contributed by atoms with van der Waals surface area (Å²) in [6.45, 7) is 0. The second-order valence-electron chi connectivity index (χ2n) is 2.01. The van der Waals surface area contributed by atoms with Crippen LogP contribution in [0.3, 0.4) is 0 Å². The summed E-state index contributed by atoms with van der Waals surface area (Å²) in [6, 6.07) is 3.32. The van der Waals surface area contributed by atoms with Gasteiger partial charge in [-0.3, -0.25) is 0 Å². The molecule has 0 atom stereocenters.